The molecule has 0 fully saturated rings. The van der Waals surface area contributed by atoms with E-state index in [0.29, 0.717) is 25.9 Å². The van der Waals surface area contributed by atoms with E-state index >= 15 is 0 Å². The Bertz CT molecular complexity index is 473. The first-order chi connectivity index (χ1) is 10.2. The van der Waals surface area contributed by atoms with Crippen molar-refractivity contribution >= 4 is 6.03 Å². The number of benzene rings is 1. The van der Waals surface area contributed by atoms with Crippen LogP contribution in [0.5, 0.6) is 0 Å². The molecule has 0 aliphatic rings. The summed E-state index contributed by atoms with van der Waals surface area (Å²) in [6, 6.07) is 4.61. The summed E-state index contributed by atoms with van der Waals surface area (Å²) in [6.45, 7) is 2.42. The summed E-state index contributed by atoms with van der Waals surface area (Å²) in [4.78, 5) is 13.2. The minimum atomic E-state index is -4.33. The van der Waals surface area contributed by atoms with Crippen LogP contribution in [0.15, 0.2) is 24.3 Å². The molecule has 1 rings (SSSR count). The van der Waals surface area contributed by atoms with E-state index in [1.54, 1.807) is 14.0 Å². The smallest absolute Gasteiger partial charge is 0.393 e. The highest BCUT2D eigenvalue weighted by molar-refractivity contribution is 5.73. The van der Waals surface area contributed by atoms with Crippen molar-refractivity contribution in [2.75, 3.05) is 20.1 Å². The van der Waals surface area contributed by atoms with Crippen LogP contribution < -0.4 is 5.32 Å². The molecule has 2 amide bonds. The van der Waals surface area contributed by atoms with Gasteiger partial charge in [0.2, 0.25) is 0 Å². The molecule has 22 heavy (non-hydrogen) atoms. The van der Waals surface area contributed by atoms with Gasteiger partial charge in [0.05, 0.1) is 11.7 Å². The molecule has 0 bridgehead atoms. The zero-order chi connectivity index (χ0) is 16.8. The predicted molar refractivity (Wildman–Crippen MR) is 77.5 cm³/mol. The highest BCUT2D eigenvalue weighted by Gasteiger charge is 2.29. The van der Waals surface area contributed by atoms with Crippen LogP contribution >= 0.6 is 0 Å². The molecule has 124 valence electrons. The van der Waals surface area contributed by atoms with Gasteiger partial charge in [-0.25, -0.2) is 4.79 Å². The lowest BCUT2D eigenvalue weighted by Gasteiger charge is -2.18. The van der Waals surface area contributed by atoms with Gasteiger partial charge in [0, 0.05) is 20.1 Å². The molecule has 0 aromatic heterocycles. The van der Waals surface area contributed by atoms with Gasteiger partial charge in [0.1, 0.15) is 0 Å². The first kappa shape index (κ1) is 18.3. The molecular formula is C15H21F3N2O2. The first-order valence-electron chi connectivity index (χ1n) is 7.03. The maximum absolute atomic E-state index is 12.4. The molecule has 0 heterocycles. The number of urea groups is 1. The van der Waals surface area contributed by atoms with Crippen LogP contribution in [-0.4, -0.2) is 42.3 Å². The summed E-state index contributed by atoms with van der Waals surface area (Å²) in [5.74, 6) is 0. The Labute approximate surface area is 127 Å². The van der Waals surface area contributed by atoms with Crippen molar-refractivity contribution in [1.29, 1.82) is 0 Å². The van der Waals surface area contributed by atoms with Crippen molar-refractivity contribution in [3.05, 3.63) is 35.4 Å². The number of carbonyl (C=O) groups excluding carboxylic acids is 1. The van der Waals surface area contributed by atoms with Gasteiger partial charge in [-0.3, -0.25) is 0 Å². The van der Waals surface area contributed by atoms with Crippen LogP contribution in [0.1, 0.15) is 24.5 Å². The van der Waals surface area contributed by atoms with E-state index in [4.69, 9.17) is 5.11 Å². The van der Waals surface area contributed by atoms with Crippen molar-refractivity contribution in [2.45, 2.75) is 32.0 Å². The lowest BCUT2D eigenvalue weighted by molar-refractivity contribution is -0.137. The zero-order valence-electron chi connectivity index (χ0n) is 12.7. The fourth-order valence-electron chi connectivity index (χ4n) is 1.79. The van der Waals surface area contributed by atoms with Crippen LogP contribution in [-0.2, 0) is 12.6 Å². The number of aliphatic hydroxyl groups is 1. The topological polar surface area (TPSA) is 52.6 Å². The van der Waals surface area contributed by atoms with E-state index < -0.39 is 17.8 Å². The molecule has 2 N–H and O–H groups in total. The quantitative estimate of drug-likeness (QED) is 0.847. The third-order valence-electron chi connectivity index (χ3n) is 3.20. The average Bonchev–Trinajstić information content (AvgIpc) is 2.44. The third kappa shape index (κ3) is 6.34. The normalized spacial score (nSPS) is 12.8. The summed E-state index contributed by atoms with van der Waals surface area (Å²) in [7, 11) is 1.62. The molecule has 0 radical (unpaired) electrons. The molecule has 0 saturated heterocycles. The summed E-state index contributed by atoms with van der Waals surface area (Å²) in [6.07, 6.45) is -3.86. The fraction of sp³-hybridized carbons (Fsp3) is 0.533. The molecule has 0 saturated carbocycles. The van der Waals surface area contributed by atoms with Gasteiger partial charge in [-0.15, -0.1) is 0 Å². The van der Waals surface area contributed by atoms with E-state index in [1.807, 2.05) is 0 Å². The van der Waals surface area contributed by atoms with E-state index in [9.17, 15) is 18.0 Å². The monoisotopic (exact) mass is 318 g/mol. The molecule has 1 aromatic carbocycles. The molecule has 7 heteroatoms. The fourth-order valence-corrected chi connectivity index (χ4v) is 1.79. The molecule has 1 atom stereocenters. The van der Waals surface area contributed by atoms with Crippen molar-refractivity contribution < 1.29 is 23.1 Å². The van der Waals surface area contributed by atoms with Gasteiger partial charge >= 0.3 is 12.2 Å². The number of amides is 2. The van der Waals surface area contributed by atoms with Crippen LogP contribution in [0.3, 0.4) is 0 Å². The number of aliphatic hydroxyl groups excluding tert-OH is 1. The molecule has 0 aliphatic heterocycles. The molecule has 1 unspecified atom stereocenters. The van der Waals surface area contributed by atoms with Gasteiger partial charge in [0.25, 0.3) is 0 Å². The minimum absolute atomic E-state index is 0.271. The number of rotatable bonds is 6. The van der Waals surface area contributed by atoms with Gasteiger partial charge in [0.15, 0.2) is 0 Å². The standard InChI is InChI=1S/C15H21F3N2O2/c1-11(21)8-10-20(2)14(22)19-9-7-12-3-5-13(6-4-12)15(16,17)18/h3-6,11,21H,7-10H2,1-2H3,(H,19,22). The van der Waals surface area contributed by atoms with Crippen molar-refractivity contribution in [2.24, 2.45) is 0 Å². The van der Waals surface area contributed by atoms with Gasteiger partial charge < -0.3 is 15.3 Å². The van der Waals surface area contributed by atoms with Crippen LogP contribution in [0.25, 0.3) is 0 Å². The number of nitrogens with zero attached hydrogens (tertiary/aromatic N) is 1. The second kappa shape index (κ2) is 8.03. The lowest BCUT2D eigenvalue weighted by Crippen LogP contribution is -2.39. The third-order valence-corrected chi connectivity index (χ3v) is 3.20. The van der Waals surface area contributed by atoms with Gasteiger partial charge in [-0.05, 0) is 37.5 Å². The van der Waals surface area contributed by atoms with Crippen LogP contribution in [0, 0.1) is 0 Å². The number of halogens is 3. The highest BCUT2D eigenvalue weighted by atomic mass is 19.4. The molecule has 0 aliphatic carbocycles. The summed E-state index contributed by atoms with van der Waals surface area (Å²) < 4.78 is 37.2. The number of nitrogens with one attached hydrogen (secondary N) is 1. The molecular weight excluding hydrogens is 297 g/mol. The highest BCUT2D eigenvalue weighted by Crippen LogP contribution is 2.29. The minimum Gasteiger partial charge on any atom is -0.393 e. The Kier molecular flexibility index (Phi) is 6.67. The Morgan fingerprint density at radius 1 is 1.32 bits per heavy atom. The van der Waals surface area contributed by atoms with E-state index in [-0.39, 0.29) is 6.03 Å². The van der Waals surface area contributed by atoms with Crippen LogP contribution in [0.4, 0.5) is 18.0 Å². The Morgan fingerprint density at radius 3 is 2.41 bits per heavy atom. The second-order valence-electron chi connectivity index (χ2n) is 5.24. The number of carbonyl (C=O) groups is 1. The Hall–Kier alpha value is -1.76. The van der Waals surface area contributed by atoms with E-state index in [1.165, 1.54) is 17.0 Å². The number of hydrogen-bond donors (Lipinski definition) is 2. The predicted octanol–water partition coefficient (Wildman–Crippen LogP) is 2.66. The zero-order valence-corrected chi connectivity index (χ0v) is 12.7. The van der Waals surface area contributed by atoms with Crippen LogP contribution in [0.2, 0.25) is 0 Å². The number of hydrogen-bond acceptors (Lipinski definition) is 2. The van der Waals surface area contributed by atoms with E-state index in [2.05, 4.69) is 5.32 Å². The largest absolute Gasteiger partial charge is 0.416 e. The first-order valence-corrected chi connectivity index (χ1v) is 7.03. The van der Waals surface area contributed by atoms with Gasteiger partial charge in [-0.1, -0.05) is 12.1 Å². The van der Waals surface area contributed by atoms with Gasteiger partial charge in [-0.2, -0.15) is 13.2 Å². The lowest BCUT2D eigenvalue weighted by atomic mass is 10.1. The van der Waals surface area contributed by atoms with E-state index in [0.717, 1.165) is 17.7 Å². The molecule has 0 spiro atoms. The number of alkyl halides is 3. The summed E-state index contributed by atoms with van der Waals surface area (Å²) in [5.41, 5.74) is 0.0399. The summed E-state index contributed by atoms with van der Waals surface area (Å²) >= 11 is 0. The van der Waals surface area contributed by atoms with Crippen molar-refractivity contribution in [1.82, 2.24) is 10.2 Å². The second-order valence-corrected chi connectivity index (χ2v) is 5.24. The van der Waals surface area contributed by atoms with Crippen molar-refractivity contribution in [3.63, 3.8) is 0 Å². The Morgan fingerprint density at radius 2 is 1.91 bits per heavy atom. The maximum Gasteiger partial charge on any atom is 0.416 e. The molecule has 1 aromatic rings. The average molecular weight is 318 g/mol. The SMILES string of the molecule is CC(O)CCN(C)C(=O)NCCc1ccc(C(F)(F)F)cc1. The maximum atomic E-state index is 12.4. The summed E-state index contributed by atoms with van der Waals surface area (Å²) in [5, 5.41) is 11.8. The Balaban J connectivity index is 2.36. The molecule has 4 nitrogen and oxygen atoms in total. The van der Waals surface area contributed by atoms with Crippen molar-refractivity contribution in [3.8, 4) is 0 Å².